The van der Waals surface area contributed by atoms with Crippen LogP contribution in [0.4, 0.5) is 0 Å². The maximum absolute atomic E-state index is 10.8. The van der Waals surface area contributed by atoms with Gasteiger partial charge in [-0.25, -0.2) is 28.1 Å². The highest BCUT2D eigenvalue weighted by Gasteiger charge is 2.06. The van der Waals surface area contributed by atoms with Gasteiger partial charge in [0.25, 0.3) is 0 Å². The predicted molar refractivity (Wildman–Crippen MR) is 38.3 cm³/mol. The summed E-state index contributed by atoms with van der Waals surface area (Å²) in [5.74, 6) is 0. The molecule has 6 nitrogen and oxygen atoms in total. The molecule has 1 aromatic rings. The quantitative estimate of drug-likeness (QED) is 0.435. The molecule has 1 rings (SSSR count). The van der Waals surface area contributed by atoms with Gasteiger partial charge >= 0.3 is 17.1 Å². The molecule has 12 heavy (non-hydrogen) atoms. The Hall–Kier alpha value is -1.59. The lowest BCUT2D eigenvalue weighted by Gasteiger charge is -2.01. The third kappa shape index (κ3) is 0.919. The fourth-order valence-corrected chi connectivity index (χ4v) is 0.594. The minimum atomic E-state index is -1.13. The van der Waals surface area contributed by atoms with E-state index in [9.17, 15) is 14.4 Å². The summed E-state index contributed by atoms with van der Waals surface area (Å²) in [4.78, 5) is 32.3. The lowest BCUT2D eigenvalue weighted by molar-refractivity contribution is 0.651. The highest BCUT2D eigenvalue weighted by Crippen LogP contribution is 1.62. The predicted octanol–water partition coefficient (Wildman–Crippen LogP) is -2.28. The molecule has 60 valence electrons. The highest BCUT2D eigenvalue weighted by molar-refractivity contribution is 4.81. The van der Waals surface area contributed by atoms with Crippen molar-refractivity contribution in [2.75, 3.05) is 0 Å². The van der Waals surface area contributed by atoms with Crippen LogP contribution in [0.3, 0.4) is 0 Å². The number of hydrogen-bond acceptors (Lipinski definition) is 3. The molecule has 0 aliphatic carbocycles. The summed E-state index contributed by atoms with van der Waals surface area (Å²) >= 11 is 0. The maximum atomic E-state index is 10.8. The normalized spacial score (nSPS) is 10.2. The molecular weight excluding hydrogens is 162 g/mol. The van der Waals surface area contributed by atoms with Crippen LogP contribution in [-0.2, 0) is 0 Å². The van der Waals surface area contributed by atoms with Gasteiger partial charge in [-0.2, -0.15) is 0 Å². The van der Waals surface area contributed by atoms with Gasteiger partial charge in [0.2, 0.25) is 0 Å². The summed E-state index contributed by atoms with van der Waals surface area (Å²) in [6.07, 6.45) is 0. The van der Waals surface area contributed by atoms with Crippen LogP contribution in [0.5, 0.6) is 0 Å². The molecular formula is C6H3N3O3. The smallest absolute Gasteiger partial charge is 0.247 e. The summed E-state index contributed by atoms with van der Waals surface area (Å²) in [6, 6.07) is 0. The van der Waals surface area contributed by atoms with E-state index < -0.39 is 17.1 Å². The molecule has 0 N–H and O–H groups in total. The van der Waals surface area contributed by atoms with Crippen molar-refractivity contribution in [3.63, 3.8) is 0 Å². The fraction of sp³-hybridized carbons (Fsp3) is 0. The lowest BCUT2D eigenvalue weighted by Crippen LogP contribution is -2.50. The van der Waals surface area contributed by atoms with Crippen LogP contribution in [0.15, 0.2) is 14.4 Å². The zero-order valence-corrected chi connectivity index (χ0v) is 5.80. The van der Waals surface area contributed by atoms with Crippen LogP contribution in [0.2, 0.25) is 0 Å². The Morgan fingerprint density at radius 3 is 1.00 bits per heavy atom. The van der Waals surface area contributed by atoms with E-state index in [4.69, 9.17) is 21.1 Å². The summed E-state index contributed by atoms with van der Waals surface area (Å²) in [6.45, 7) is 0. The van der Waals surface area contributed by atoms with Crippen LogP contribution >= 0.6 is 0 Å². The summed E-state index contributed by atoms with van der Waals surface area (Å²) < 4.78 is 0.379. The SMILES string of the molecule is [CH]n1c(=O)n([CH])c(=O)n([CH])c1=O. The summed E-state index contributed by atoms with van der Waals surface area (Å²) in [5, 5.41) is 0. The van der Waals surface area contributed by atoms with Crippen molar-refractivity contribution in [2.45, 2.75) is 0 Å². The van der Waals surface area contributed by atoms with E-state index in [2.05, 4.69) is 0 Å². The number of rotatable bonds is 0. The molecule has 0 fully saturated rings. The van der Waals surface area contributed by atoms with E-state index in [0.717, 1.165) is 0 Å². The Labute approximate surface area is 67.3 Å². The number of hydrogen-bond donors (Lipinski definition) is 0. The van der Waals surface area contributed by atoms with Gasteiger partial charge in [0.1, 0.15) is 0 Å². The summed E-state index contributed by atoms with van der Waals surface area (Å²) in [7, 11) is 14.7. The molecule has 0 bridgehead atoms. The Kier molecular flexibility index (Phi) is 1.75. The van der Waals surface area contributed by atoms with E-state index in [1.807, 2.05) is 0 Å². The average molecular weight is 165 g/mol. The first kappa shape index (κ1) is 8.51. The van der Waals surface area contributed by atoms with Crippen molar-refractivity contribution in [3.8, 4) is 0 Å². The number of aromatic nitrogens is 3. The second-order valence-electron chi connectivity index (χ2n) is 1.96. The van der Waals surface area contributed by atoms with Gasteiger partial charge in [0.15, 0.2) is 0 Å². The Morgan fingerprint density at radius 2 is 0.833 bits per heavy atom. The van der Waals surface area contributed by atoms with E-state index in [-0.39, 0.29) is 13.7 Å². The minimum Gasteiger partial charge on any atom is -0.247 e. The molecule has 0 aromatic carbocycles. The van der Waals surface area contributed by atoms with E-state index in [1.165, 1.54) is 0 Å². The topological polar surface area (TPSA) is 66.0 Å². The second-order valence-corrected chi connectivity index (χ2v) is 1.96. The first-order valence-corrected chi connectivity index (χ1v) is 2.73. The van der Waals surface area contributed by atoms with E-state index in [0.29, 0.717) is 0 Å². The molecule has 6 radical (unpaired) electrons. The van der Waals surface area contributed by atoms with Gasteiger partial charge in [-0.15, -0.1) is 0 Å². The van der Waals surface area contributed by atoms with Gasteiger partial charge in [-0.3, -0.25) is 0 Å². The fourth-order valence-electron chi connectivity index (χ4n) is 0.594. The van der Waals surface area contributed by atoms with Gasteiger partial charge in [-0.05, 0) is 0 Å². The molecule has 0 spiro atoms. The first-order chi connectivity index (χ1) is 5.46. The molecule has 0 unspecified atom stereocenters. The third-order valence-corrected chi connectivity index (χ3v) is 1.24. The van der Waals surface area contributed by atoms with Crippen LogP contribution in [0.25, 0.3) is 0 Å². The Morgan fingerprint density at radius 1 is 0.667 bits per heavy atom. The Bertz CT molecular complexity index is 375. The van der Waals surface area contributed by atoms with Gasteiger partial charge < -0.3 is 0 Å². The molecule has 6 heteroatoms. The third-order valence-electron chi connectivity index (χ3n) is 1.24. The van der Waals surface area contributed by atoms with E-state index >= 15 is 0 Å². The highest BCUT2D eigenvalue weighted by atomic mass is 16.2. The zero-order chi connectivity index (χ0) is 9.46. The van der Waals surface area contributed by atoms with Crippen molar-refractivity contribution in [1.29, 1.82) is 0 Å². The summed E-state index contributed by atoms with van der Waals surface area (Å²) in [5.41, 5.74) is -3.40. The van der Waals surface area contributed by atoms with Crippen LogP contribution in [0.1, 0.15) is 0 Å². The van der Waals surface area contributed by atoms with Crippen LogP contribution < -0.4 is 17.1 Å². The standard InChI is InChI=1S/C6H3N3O3/c1-7-4(10)8(2)6(12)9(3)5(7)11/h1-3H. The number of nitrogens with zero attached hydrogens (tertiary/aromatic N) is 3. The molecule has 0 amide bonds. The van der Waals surface area contributed by atoms with Crippen LogP contribution in [-0.4, -0.2) is 13.7 Å². The van der Waals surface area contributed by atoms with Gasteiger partial charge in [0.05, 0.1) is 21.1 Å². The Balaban J connectivity index is 4.00. The molecule has 0 aliphatic heterocycles. The molecule has 1 heterocycles. The monoisotopic (exact) mass is 165 g/mol. The second kappa shape index (κ2) is 2.47. The van der Waals surface area contributed by atoms with Crippen molar-refractivity contribution in [1.82, 2.24) is 13.7 Å². The van der Waals surface area contributed by atoms with Crippen molar-refractivity contribution < 1.29 is 0 Å². The van der Waals surface area contributed by atoms with Gasteiger partial charge in [0, 0.05) is 0 Å². The van der Waals surface area contributed by atoms with Crippen molar-refractivity contribution >= 4 is 0 Å². The first-order valence-electron chi connectivity index (χ1n) is 2.73. The molecule has 0 saturated heterocycles. The van der Waals surface area contributed by atoms with E-state index in [1.54, 1.807) is 0 Å². The maximum Gasteiger partial charge on any atom is 0.337 e. The largest absolute Gasteiger partial charge is 0.337 e. The lowest BCUT2D eigenvalue weighted by atomic mass is 10.8. The molecule has 0 aliphatic rings. The average Bonchev–Trinajstić information content (AvgIpc) is 2.08. The molecule has 1 aromatic heterocycles. The van der Waals surface area contributed by atoms with Gasteiger partial charge in [-0.1, -0.05) is 0 Å². The zero-order valence-electron chi connectivity index (χ0n) is 5.80. The molecule has 0 atom stereocenters. The van der Waals surface area contributed by atoms with Crippen molar-refractivity contribution in [3.05, 3.63) is 52.6 Å². The molecule has 0 saturated carbocycles. The minimum absolute atomic E-state index is 0.126. The van der Waals surface area contributed by atoms with Crippen LogP contribution in [0, 0.1) is 21.1 Å². The van der Waals surface area contributed by atoms with Crippen molar-refractivity contribution in [2.24, 2.45) is 0 Å².